The van der Waals surface area contributed by atoms with E-state index in [1.165, 1.54) is 30.6 Å². The molecule has 0 aliphatic heterocycles. The molecule has 0 amide bonds. The number of hydrogen-bond acceptors (Lipinski definition) is 6. The van der Waals surface area contributed by atoms with E-state index in [-0.39, 0.29) is 15.6 Å². The number of carboxylic acids is 1. The van der Waals surface area contributed by atoms with E-state index in [0.29, 0.717) is 10.8 Å². The second-order valence-corrected chi connectivity index (χ2v) is 6.81. The molecule has 0 atom stereocenters. The predicted molar refractivity (Wildman–Crippen MR) is 81.6 cm³/mol. The molecule has 2 N–H and O–H groups in total. The van der Waals surface area contributed by atoms with Gasteiger partial charge in [-0.3, -0.25) is 4.72 Å². The quantitative estimate of drug-likeness (QED) is 0.756. The Bertz CT molecular complexity index is 953. The number of sulfonamides is 1. The summed E-state index contributed by atoms with van der Waals surface area (Å²) in [7, 11) is -3.80. The van der Waals surface area contributed by atoms with Gasteiger partial charge in [-0.05, 0) is 29.0 Å². The Balaban J connectivity index is 2.07. The highest BCUT2D eigenvalue weighted by Gasteiger charge is 2.17. The van der Waals surface area contributed by atoms with Gasteiger partial charge in [0.05, 0.1) is 10.5 Å². The van der Waals surface area contributed by atoms with Crippen molar-refractivity contribution in [3.8, 4) is 0 Å². The zero-order valence-corrected chi connectivity index (χ0v) is 12.6. The second-order valence-electron chi connectivity index (χ2n) is 4.35. The number of aromatic nitrogens is 2. The third kappa shape index (κ3) is 2.63. The molecule has 0 bridgehead atoms. The largest absolute Gasteiger partial charge is 0.478 e. The van der Waals surface area contributed by atoms with E-state index in [0.717, 1.165) is 11.5 Å². The average molecular weight is 335 g/mol. The van der Waals surface area contributed by atoms with Crippen molar-refractivity contribution in [2.75, 3.05) is 4.72 Å². The third-order valence-corrected chi connectivity index (χ3v) is 5.02. The molecule has 0 saturated heterocycles. The minimum absolute atomic E-state index is 0.0257. The van der Waals surface area contributed by atoms with Crippen molar-refractivity contribution < 1.29 is 18.3 Å². The number of aromatic carboxylic acids is 1. The summed E-state index contributed by atoms with van der Waals surface area (Å²) in [6.07, 6.45) is 1.25. The molecule has 0 unspecified atom stereocenters. The van der Waals surface area contributed by atoms with Crippen LogP contribution in [-0.2, 0) is 10.0 Å². The molecule has 3 rings (SSSR count). The van der Waals surface area contributed by atoms with E-state index >= 15 is 0 Å². The highest BCUT2D eigenvalue weighted by Crippen LogP contribution is 2.24. The van der Waals surface area contributed by atoms with Gasteiger partial charge in [-0.1, -0.05) is 18.2 Å². The topological polar surface area (TPSA) is 109 Å². The minimum Gasteiger partial charge on any atom is -0.478 e. The number of nitrogens with one attached hydrogen (secondary N) is 1. The van der Waals surface area contributed by atoms with Gasteiger partial charge in [-0.15, -0.1) is 0 Å². The van der Waals surface area contributed by atoms with E-state index in [9.17, 15) is 13.2 Å². The Kier molecular flexibility index (Phi) is 3.51. The second kappa shape index (κ2) is 5.35. The molecule has 1 aromatic heterocycles. The van der Waals surface area contributed by atoms with Crippen molar-refractivity contribution in [1.29, 1.82) is 0 Å². The van der Waals surface area contributed by atoms with Crippen LogP contribution in [0.3, 0.4) is 0 Å². The zero-order valence-electron chi connectivity index (χ0n) is 10.9. The zero-order chi connectivity index (χ0) is 15.7. The van der Waals surface area contributed by atoms with E-state index < -0.39 is 16.0 Å². The molecule has 3 aromatic rings. The number of hydrogen-bond donors (Lipinski definition) is 2. The van der Waals surface area contributed by atoms with Crippen LogP contribution in [0.1, 0.15) is 10.4 Å². The highest BCUT2D eigenvalue weighted by atomic mass is 32.2. The maximum atomic E-state index is 12.3. The van der Waals surface area contributed by atoms with Crippen LogP contribution in [0.2, 0.25) is 0 Å². The highest BCUT2D eigenvalue weighted by molar-refractivity contribution is 7.93. The van der Waals surface area contributed by atoms with Gasteiger partial charge in [0.15, 0.2) is 0 Å². The first-order valence-corrected chi connectivity index (χ1v) is 8.28. The molecule has 1 heterocycles. The first-order chi connectivity index (χ1) is 10.5. The molecule has 0 aliphatic carbocycles. The molecule has 0 radical (unpaired) electrons. The Morgan fingerprint density at radius 1 is 1.23 bits per heavy atom. The maximum Gasteiger partial charge on any atom is 0.336 e. The number of rotatable bonds is 4. The molecule has 0 fully saturated rings. The maximum absolute atomic E-state index is 12.3. The lowest BCUT2D eigenvalue weighted by Crippen LogP contribution is -2.12. The van der Waals surface area contributed by atoms with Crippen LogP contribution < -0.4 is 4.72 Å². The molecule has 0 saturated carbocycles. The van der Waals surface area contributed by atoms with Crippen LogP contribution in [0.5, 0.6) is 0 Å². The SMILES string of the molecule is O=C(O)c1cccc2cc(S(=O)(=O)Nc3ncns3)ccc12. The van der Waals surface area contributed by atoms with E-state index in [1.807, 2.05) is 0 Å². The normalized spacial score (nSPS) is 11.5. The number of carboxylic acid groups (broad SMARTS) is 1. The van der Waals surface area contributed by atoms with Gasteiger partial charge >= 0.3 is 5.97 Å². The first-order valence-electron chi connectivity index (χ1n) is 6.03. The molecule has 9 heteroatoms. The van der Waals surface area contributed by atoms with Gasteiger partial charge in [-0.25, -0.2) is 18.2 Å². The minimum atomic E-state index is -3.80. The van der Waals surface area contributed by atoms with Crippen LogP contribution >= 0.6 is 11.5 Å². The van der Waals surface area contributed by atoms with Crippen molar-refractivity contribution in [3.63, 3.8) is 0 Å². The molecule has 112 valence electrons. The van der Waals surface area contributed by atoms with Gasteiger partial charge in [-0.2, -0.15) is 4.37 Å². The first kappa shape index (κ1) is 14.4. The van der Waals surface area contributed by atoms with Gasteiger partial charge in [0.1, 0.15) is 6.33 Å². The lowest BCUT2D eigenvalue weighted by molar-refractivity contribution is 0.0699. The summed E-state index contributed by atoms with van der Waals surface area (Å²) in [5, 5.41) is 10.3. The number of carbonyl (C=O) groups is 1. The van der Waals surface area contributed by atoms with Crippen molar-refractivity contribution >= 4 is 43.4 Å². The molecule has 2 aromatic carbocycles. The van der Waals surface area contributed by atoms with E-state index in [1.54, 1.807) is 12.1 Å². The van der Waals surface area contributed by atoms with Gasteiger partial charge in [0, 0.05) is 11.5 Å². The summed E-state index contributed by atoms with van der Waals surface area (Å²) in [4.78, 5) is 15.0. The van der Waals surface area contributed by atoms with Crippen molar-refractivity contribution in [1.82, 2.24) is 9.36 Å². The summed E-state index contributed by atoms with van der Waals surface area (Å²) in [6, 6.07) is 8.96. The summed E-state index contributed by atoms with van der Waals surface area (Å²) < 4.78 is 30.6. The molecule has 0 spiro atoms. The van der Waals surface area contributed by atoms with Gasteiger partial charge in [0.25, 0.3) is 10.0 Å². The standard InChI is InChI=1S/C13H9N3O4S2/c17-12(18)11-3-1-2-8-6-9(4-5-10(8)11)22(19,20)16-13-14-7-15-21-13/h1-7H,(H,17,18)(H,14,15,16). The monoisotopic (exact) mass is 335 g/mol. The summed E-state index contributed by atoms with van der Waals surface area (Å²) >= 11 is 0.925. The van der Waals surface area contributed by atoms with Crippen molar-refractivity contribution in [3.05, 3.63) is 48.3 Å². The Labute approximate surface area is 129 Å². The molecule has 22 heavy (non-hydrogen) atoms. The average Bonchev–Trinajstić information content (AvgIpc) is 2.98. The fraction of sp³-hybridized carbons (Fsp3) is 0. The van der Waals surface area contributed by atoms with Crippen LogP contribution in [0.25, 0.3) is 10.8 Å². The Morgan fingerprint density at radius 2 is 2.05 bits per heavy atom. The molecular formula is C13H9N3O4S2. The molecule has 0 aliphatic rings. The fourth-order valence-corrected chi connectivity index (χ4v) is 3.70. The number of benzene rings is 2. The van der Waals surface area contributed by atoms with Crippen LogP contribution in [0.15, 0.2) is 47.6 Å². The summed E-state index contributed by atoms with van der Waals surface area (Å²) in [6.45, 7) is 0. The summed E-state index contributed by atoms with van der Waals surface area (Å²) in [5.41, 5.74) is 0.124. The van der Waals surface area contributed by atoms with E-state index in [4.69, 9.17) is 5.11 Å². The van der Waals surface area contributed by atoms with Gasteiger partial charge < -0.3 is 5.11 Å². The lowest BCUT2D eigenvalue weighted by Gasteiger charge is -2.07. The van der Waals surface area contributed by atoms with E-state index in [2.05, 4.69) is 14.1 Å². The van der Waals surface area contributed by atoms with Crippen molar-refractivity contribution in [2.45, 2.75) is 4.90 Å². The Hall–Kier alpha value is -2.52. The van der Waals surface area contributed by atoms with Crippen LogP contribution in [-0.4, -0.2) is 28.9 Å². The predicted octanol–water partition coefficient (Wildman–Crippen LogP) is 2.19. The number of anilines is 1. The van der Waals surface area contributed by atoms with Crippen LogP contribution in [0, 0.1) is 0 Å². The molecular weight excluding hydrogens is 326 g/mol. The molecule has 7 nitrogen and oxygen atoms in total. The smallest absolute Gasteiger partial charge is 0.336 e. The Morgan fingerprint density at radius 3 is 2.73 bits per heavy atom. The fourth-order valence-electron chi connectivity index (χ4n) is 2.01. The lowest BCUT2D eigenvalue weighted by atomic mass is 10.1. The van der Waals surface area contributed by atoms with Crippen LogP contribution in [0.4, 0.5) is 5.13 Å². The van der Waals surface area contributed by atoms with Crippen molar-refractivity contribution in [2.24, 2.45) is 0 Å². The third-order valence-electron chi connectivity index (χ3n) is 2.98. The summed E-state index contributed by atoms with van der Waals surface area (Å²) in [5.74, 6) is -1.06. The number of nitrogens with zero attached hydrogens (tertiary/aromatic N) is 2. The number of fused-ring (bicyclic) bond motifs is 1. The van der Waals surface area contributed by atoms with Gasteiger partial charge in [0.2, 0.25) is 5.13 Å².